The minimum Gasteiger partial charge on any atom is -0.399 e. The quantitative estimate of drug-likeness (QED) is 0.528. The van der Waals surface area contributed by atoms with Gasteiger partial charge in [0.25, 0.3) is 0 Å². The second-order valence-corrected chi connectivity index (χ2v) is 5.85. The van der Waals surface area contributed by atoms with Crippen LogP contribution in [0.25, 0.3) is 27.7 Å². The van der Waals surface area contributed by atoms with Gasteiger partial charge in [-0.1, -0.05) is 18.2 Å². The van der Waals surface area contributed by atoms with E-state index in [-0.39, 0.29) is 0 Å². The Bertz CT molecular complexity index is 1040. The molecule has 114 valence electrons. The molecule has 0 unspecified atom stereocenters. The number of aromatic nitrogens is 3. The number of fused-ring (bicyclic) bond motifs is 3. The lowest BCUT2D eigenvalue weighted by Gasteiger charge is -2.14. The predicted molar refractivity (Wildman–Crippen MR) is 94.2 cm³/mol. The average molecular weight is 303 g/mol. The molecule has 5 nitrogen and oxygen atoms in total. The summed E-state index contributed by atoms with van der Waals surface area (Å²) in [5, 5.41) is 0. The molecular formula is C18H17N5. The zero-order valence-corrected chi connectivity index (χ0v) is 13.0. The van der Waals surface area contributed by atoms with Crippen molar-refractivity contribution in [3.05, 3.63) is 54.0 Å². The number of nitrogen functional groups attached to an aromatic ring is 2. The highest BCUT2D eigenvalue weighted by molar-refractivity contribution is 5.98. The highest BCUT2D eigenvalue weighted by Crippen LogP contribution is 2.35. The Balaban J connectivity index is 2.22. The molecule has 0 radical (unpaired) electrons. The van der Waals surface area contributed by atoms with Crippen LogP contribution in [0.2, 0.25) is 0 Å². The van der Waals surface area contributed by atoms with E-state index in [4.69, 9.17) is 11.5 Å². The maximum Gasteiger partial charge on any atom is 0.150 e. The number of nitrogens with zero attached hydrogens (tertiary/aromatic N) is 3. The van der Waals surface area contributed by atoms with Gasteiger partial charge in [0.1, 0.15) is 11.3 Å². The monoisotopic (exact) mass is 303 g/mol. The summed E-state index contributed by atoms with van der Waals surface area (Å²) in [6.45, 7) is 4.19. The van der Waals surface area contributed by atoms with Gasteiger partial charge in [0.15, 0.2) is 0 Å². The molecule has 0 bridgehead atoms. The minimum absolute atomic E-state index is 0.465. The van der Waals surface area contributed by atoms with Crippen molar-refractivity contribution < 1.29 is 0 Å². The fourth-order valence-corrected chi connectivity index (χ4v) is 3.23. The fourth-order valence-electron chi connectivity index (χ4n) is 3.23. The molecule has 0 amide bonds. The molecule has 2 heterocycles. The number of aryl methyl sites for hydroxylation is 2. The molecule has 0 aliphatic heterocycles. The average Bonchev–Trinajstić information content (AvgIpc) is 2.99. The molecule has 2 aromatic heterocycles. The Morgan fingerprint density at radius 2 is 1.74 bits per heavy atom. The van der Waals surface area contributed by atoms with E-state index >= 15 is 0 Å². The Hall–Kier alpha value is -3.08. The summed E-state index contributed by atoms with van der Waals surface area (Å²) in [5.41, 5.74) is 20.0. The highest BCUT2D eigenvalue weighted by atomic mass is 15.0. The largest absolute Gasteiger partial charge is 0.399 e. The first-order valence-corrected chi connectivity index (χ1v) is 7.43. The van der Waals surface area contributed by atoms with Crippen molar-refractivity contribution in [2.24, 2.45) is 0 Å². The van der Waals surface area contributed by atoms with Gasteiger partial charge in [-0.3, -0.25) is 4.40 Å². The summed E-state index contributed by atoms with van der Waals surface area (Å²) in [6.07, 6.45) is 3.45. The van der Waals surface area contributed by atoms with E-state index in [1.807, 2.05) is 16.5 Å². The predicted octanol–water partition coefficient (Wildman–Crippen LogP) is 3.33. The lowest BCUT2D eigenvalue weighted by molar-refractivity contribution is 1.19. The van der Waals surface area contributed by atoms with E-state index in [1.54, 1.807) is 12.5 Å². The van der Waals surface area contributed by atoms with Crippen molar-refractivity contribution in [2.75, 3.05) is 11.5 Å². The van der Waals surface area contributed by atoms with Crippen LogP contribution in [0.3, 0.4) is 0 Å². The van der Waals surface area contributed by atoms with Crippen LogP contribution < -0.4 is 11.5 Å². The number of hydrogen-bond donors (Lipinski definition) is 2. The summed E-state index contributed by atoms with van der Waals surface area (Å²) in [6, 6.07) is 10.1. The first-order valence-electron chi connectivity index (χ1n) is 7.43. The molecule has 0 spiro atoms. The van der Waals surface area contributed by atoms with Crippen LogP contribution in [0.5, 0.6) is 0 Å². The molecule has 0 atom stereocenters. The topological polar surface area (TPSA) is 82.2 Å². The van der Waals surface area contributed by atoms with Crippen molar-refractivity contribution in [1.82, 2.24) is 14.4 Å². The zero-order valence-electron chi connectivity index (χ0n) is 13.0. The zero-order chi connectivity index (χ0) is 16.1. The first-order chi connectivity index (χ1) is 11.1. The summed E-state index contributed by atoms with van der Waals surface area (Å²) < 4.78 is 1.94. The molecule has 0 saturated heterocycles. The normalized spacial score (nSPS) is 11.4. The van der Waals surface area contributed by atoms with E-state index < -0.39 is 0 Å². The minimum atomic E-state index is 0.465. The van der Waals surface area contributed by atoms with Crippen LogP contribution in [-0.4, -0.2) is 14.4 Å². The maximum atomic E-state index is 6.17. The fraction of sp³-hybridized carbons (Fsp3) is 0.111. The van der Waals surface area contributed by atoms with Crippen LogP contribution in [-0.2, 0) is 0 Å². The number of imidazole rings is 1. The molecule has 4 N–H and O–H groups in total. The Morgan fingerprint density at radius 1 is 1.00 bits per heavy atom. The van der Waals surface area contributed by atoms with Gasteiger partial charge in [-0.25, -0.2) is 9.97 Å². The van der Waals surface area contributed by atoms with Crippen molar-refractivity contribution in [2.45, 2.75) is 13.8 Å². The second kappa shape index (κ2) is 4.71. The van der Waals surface area contributed by atoms with Gasteiger partial charge in [-0.05, 0) is 42.7 Å². The molecule has 0 aliphatic carbocycles. The Kier molecular flexibility index (Phi) is 2.78. The third-order valence-electron chi connectivity index (χ3n) is 4.26. The molecule has 23 heavy (non-hydrogen) atoms. The standard InChI is InChI=1S/C18H17N5/c1-10-4-3-5-11(2)16(10)13-6-12(19)7-14-17(13)22-18(20)15-8-21-9-23(14)15/h3-9H,19H2,1-2H3,(H2,20,22). The molecular weight excluding hydrogens is 286 g/mol. The van der Waals surface area contributed by atoms with Crippen LogP contribution in [0, 0.1) is 13.8 Å². The van der Waals surface area contributed by atoms with Crippen LogP contribution in [0.4, 0.5) is 11.5 Å². The SMILES string of the molecule is Cc1cccc(C)c1-c1cc(N)cc2c1nc(N)c1cncn12. The highest BCUT2D eigenvalue weighted by Gasteiger charge is 2.15. The smallest absolute Gasteiger partial charge is 0.150 e. The molecule has 0 aliphatic rings. The lowest BCUT2D eigenvalue weighted by Crippen LogP contribution is -2.01. The number of hydrogen-bond acceptors (Lipinski definition) is 4. The molecule has 4 aromatic rings. The van der Waals surface area contributed by atoms with Gasteiger partial charge >= 0.3 is 0 Å². The van der Waals surface area contributed by atoms with E-state index in [9.17, 15) is 0 Å². The van der Waals surface area contributed by atoms with Gasteiger partial charge in [0.05, 0.1) is 23.6 Å². The van der Waals surface area contributed by atoms with Gasteiger partial charge in [-0.15, -0.1) is 0 Å². The number of anilines is 2. The van der Waals surface area contributed by atoms with Crippen molar-refractivity contribution in [3.8, 4) is 11.1 Å². The molecule has 5 heteroatoms. The van der Waals surface area contributed by atoms with E-state index in [2.05, 4.69) is 42.0 Å². The number of nitrogens with two attached hydrogens (primary N) is 2. The van der Waals surface area contributed by atoms with Crippen molar-refractivity contribution >= 4 is 28.1 Å². The molecule has 0 fully saturated rings. The maximum absolute atomic E-state index is 6.17. The Labute approximate surface area is 133 Å². The van der Waals surface area contributed by atoms with Gasteiger partial charge in [-0.2, -0.15) is 0 Å². The van der Waals surface area contributed by atoms with Crippen LogP contribution in [0.15, 0.2) is 42.9 Å². The van der Waals surface area contributed by atoms with E-state index in [0.717, 1.165) is 27.7 Å². The van der Waals surface area contributed by atoms with Gasteiger partial charge in [0.2, 0.25) is 0 Å². The third kappa shape index (κ3) is 1.93. The van der Waals surface area contributed by atoms with Crippen molar-refractivity contribution in [3.63, 3.8) is 0 Å². The number of rotatable bonds is 1. The van der Waals surface area contributed by atoms with Gasteiger partial charge in [0, 0.05) is 11.3 Å². The third-order valence-corrected chi connectivity index (χ3v) is 4.26. The van der Waals surface area contributed by atoms with E-state index in [0.29, 0.717) is 11.5 Å². The summed E-state index contributed by atoms with van der Waals surface area (Å²) in [4.78, 5) is 8.82. The van der Waals surface area contributed by atoms with Gasteiger partial charge < -0.3 is 11.5 Å². The summed E-state index contributed by atoms with van der Waals surface area (Å²) in [7, 11) is 0. The Morgan fingerprint density at radius 3 is 2.48 bits per heavy atom. The molecule has 2 aromatic carbocycles. The first kappa shape index (κ1) is 13.6. The van der Waals surface area contributed by atoms with E-state index in [1.165, 1.54) is 11.1 Å². The molecule has 4 rings (SSSR count). The lowest BCUT2D eigenvalue weighted by atomic mass is 9.94. The van der Waals surface area contributed by atoms with Crippen molar-refractivity contribution in [1.29, 1.82) is 0 Å². The molecule has 0 saturated carbocycles. The second-order valence-electron chi connectivity index (χ2n) is 5.85. The van der Waals surface area contributed by atoms with Crippen LogP contribution in [0.1, 0.15) is 11.1 Å². The summed E-state index contributed by atoms with van der Waals surface area (Å²) >= 11 is 0. The van der Waals surface area contributed by atoms with Crippen LogP contribution >= 0.6 is 0 Å². The number of benzene rings is 2. The summed E-state index contributed by atoms with van der Waals surface area (Å²) in [5.74, 6) is 0.465.